The molecule has 0 saturated carbocycles. The summed E-state index contributed by atoms with van der Waals surface area (Å²) in [5, 5.41) is 2.87. The molecule has 0 unspecified atom stereocenters. The van der Waals surface area contributed by atoms with E-state index in [1.54, 1.807) is 10.5 Å². The van der Waals surface area contributed by atoms with Crippen LogP contribution in [0.4, 0.5) is 0 Å². The zero-order valence-electron chi connectivity index (χ0n) is 14.6. The third-order valence-electron chi connectivity index (χ3n) is 4.52. The van der Waals surface area contributed by atoms with Crippen LogP contribution in [0.15, 0.2) is 34.4 Å². The molecule has 132 valence electrons. The van der Waals surface area contributed by atoms with E-state index in [0.29, 0.717) is 16.2 Å². The van der Waals surface area contributed by atoms with Crippen LogP contribution in [0.5, 0.6) is 0 Å². The number of thiazole rings is 1. The van der Waals surface area contributed by atoms with Gasteiger partial charge in [0.1, 0.15) is 6.61 Å². The largest absolute Gasteiger partial charge is 0.456 e. The molecule has 4 aromatic rings. The highest BCUT2D eigenvalue weighted by Gasteiger charge is 2.13. The van der Waals surface area contributed by atoms with Gasteiger partial charge in [0.2, 0.25) is 0 Å². The van der Waals surface area contributed by atoms with Crippen LogP contribution in [-0.2, 0) is 11.3 Å². The van der Waals surface area contributed by atoms with Crippen LogP contribution < -0.4 is 5.56 Å². The average Bonchev–Trinajstić information content (AvgIpc) is 3.13. The number of hydrogen-bond acceptors (Lipinski definition) is 5. The highest BCUT2D eigenvalue weighted by molar-refractivity contribution is 7.15. The van der Waals surface area contributed by atoms with Crippen molar-refractivity contribution in [1.29, 1.82) is 0 Å². The number of benzene rings is 1. The maximum Gasteiger partial charge on any atom is 0.338 e. The third kappa shape index (κ3) is 2.70. The van der Waals surface area contributed by atoms with E-state index < -0.39 is 5.97 Å². The van der Waals surface area contributed by atoms with Crippen molar-refractivity contribution in [2.24, 2.45) is 0 Å². The molecule has 0 fully saturated rings. The van der Waals surface area contributed by atoms with Gasteiger partial charge in [-0.15, -0.1) is 11.3 Å². The molecule has 7 heteroatoms. The average molecular weight is 367 g/mol. The standard InChI is InChI=1S/C19H17N3O3S/c1-10-9-26-19-21-14(7-17(23)22(10)19)8-25-18(24)13-4-5-16-15(6-13)11(2)12(3)20-16/h4-7,9,20H,8H2,1-3H3. The zero-order chi connectivity index (χ0) is 18.4. The molecule has 0 amide bonds. The molecule has 0 aliphatic rings. The molecule has 4 rings (SSSR count). The van der Waals surface area contributed by atoms with Crippen LogP contribution in [0.2, 0.25) is 0 Å². The number of aromatic amines is 1. The lowest BCUT2D eigenvalue weighted by molar-refractivity contribution is 0.0468. The number of carbonyl (C=O) groups excluding carboxylic acids is 1. The minimum Gasteiger partial charge on any atom is -0.456 e. The molecule has 0 spiro atoms. The predicted octanol–water partition coefficient (Wildman–Crippen LogP) is 3.52. The van der Waals surface area contributed by atoms with Crippen molar-refractivity contribution in [3.63, 3.8) is 0 Å². The van der Waals surface area contributed by atoms with E-state index in [9.17, 15) is 9.59 Å². The number of esters is 1. The van der Waals surface area contributed by atoms with Crippen LogP contribution in [0.3, 0.4) is 0 Å². The third-order valence-corrected chi connectivity index (χ3v) is 5.47. The first kappa shape index (κ1) is 16.5. The molecule has 3 aromatic heterocycles. The number of nitrogens with one attached hydrogen (secondary N) is 1. The fraction of sp³-hybridized carbons (Fsp3) is 0.211. The molecule has 0 bridgehead atoms. The van der Waals surface area contributed by atoms with Gasteiger partial charge < -0.3 is 9.72 Å². The minimum absolute atomic E-state index is 0.0370. The highest BCUT2D eigenvalue weighted by Crippen LogP contribution is 2.23. The smallest absolute Gasteiger partial charge is 0.338 e. The van der Waals surface area contributed by atoms with Crippen molar-refractivity contribution in [2.75, 3.05) is 0 Å². The van der Waals surface area contributed by atoms with E-state index in [1.165, 1.54) is 17.4 Å². The number of rotatable bonds is 3. The van der Waals surface area contributed by atoms with Gasteiger partial charge >= 0.3 is 5.97 Å². The first-order valence-electron chi connectivity index (χ1n) is 8.17. The van der Waals surface area contributed by atoms with Gasteiger partial charge in [-0.1, -0.05) is 0 Å². The van der Waals surface area contributed by atoms with Crippen molar-refractivity contribution in [3.05, 3.63) is 68.2 Å². The number of ether oxygens (including phenoxy) is 1. The lowest BCUT2D eigenvalue weighted by Gasteiger charge is -2.05. The topological polar surface area (TPSA) is 76.5 Å². The van der Waals surface area contributed by atoms with Crippen LogP contribution >= 0.6 is 11.3 Å². The van der Waals surface area contributed by atoms with Crippen molar-refractivity contribution < 1.29 is 9.53 Å². The Morgan fingerprint density at radius 3 is 2.88 bits per heavy atom. The first-order chi connectivity index (χ1) is 12.4. The molecule has 1 N–H and O–H groups in total. The molecular formula is C19H17N3O3S. The highest BCUT2D eigenvalue weighted by atomic mass is 32.1. The zero-order valence-corrected chi connectivity index (χ0v) is 15.4. The fourth-order valence-electron chi connectivity index (χ4n) is 2.99. The van der Waals surface area contributed by atoms with Gasteiger partial charge in [-0.25, -0.2) is 9.78 Å². The summed E-state index contributed by atoms with van der Waals surface area (Å²) in [5.74, 6) is -0.436. The van der Waals surface area contributed by atoms with Gasteiger partial charge in [0.15, 0.2) is 4.96 Å². The molecule has 0 atom stereocenters. The Bertz CT molecular complexity index is 1220. The number of fused-ring (bicyclic) bond motifs is 2. The van der Waals surface area contributed by atoms with Crippen LogP contribution in [0.1, 0.15) is 33.0 Å². The summed E-state index contributed by atoms with van der Waals surface area (Å²) in [6.45, 7) is 5.83. The van der Waals surface area contributed by atoms with Crippen molar-refractivity contribution >= 4 is 33.2 Å². The first-order valence-corrected chi connectivity index (χ1v) is 9.05. The second-order valence-electron chi connectivity index (χ2n) is 6.29. The van der Waals surface area contributed by atoms with E-state index in [1.807, 2.05) is 38.3 Å². The Kier molecular flexibility index (Phi) is 3.88. The molecular weight excluding hydrogens is 350 g/mol. The summed E-state index contributed by atoms with van der Waals surface area (Å²) >= 11 is 1.39. The van der Waals surface area contributed by atoms with Crippen LogP contribution in [-0.4, -0.2) is 20.3 Å². The van der Waals surface area contributed by atoms with Crippen molar-refractivity contribution in [2.45, 2.75) is 27.4 Å². The SMILES string of the molecule is Cc1[nH]c2ccc(C(=O)OCc3cc(=O)n4c(C)csc4n3)cc2c1C. The summed E-state index contributed by atoms with van der Waals surface area (Å²) in [5.41, 5.74) is 4.78. The van der Waals surface area contributed by atoms with Gasteiger partial charge in [0, 0.05) is 33.7 Å². The monoisotopic (exact) mass is 367 g/mol. The Labute approximate surface area is 153 Å². The Morgan fingerprint density at radius 1 is 1.27 bits per heavy atom. The number of H-pyrrole nitrogens is 1. The second kappa shape index (κ2) is 6.10. The minimum atomic E-state index is -0.436. The van der Waals surface area contributed by atoms with Gasteiger partial charge in [0.05, 0.1) is 11.3 Å². The molecule has 1 aromatic carbocycles. The summed E-state index contributed by atoms with van der Waals surface area (Å²) in [6.07, 6.45) is 0. The molecule has 6 nitrogen and oxygen atoms in total. The number of carbonyl (C=O) groups is 1. The van der Waals surface area contributed by atoms with Crippen molar-refractivity contribution in [1.82, 2.24) is 14.4 Å². The van der Waals surface area contributed by atoms with E-state index >= 15 is 0 Å². The van der Waals surface area contributed by atoms with E-state index in [0.717, 1.165) is 27.9 Å². The normalized spacial score (nSPS) is 11.3. The fourth-order valence-corrected chi connectivity index (χ4v) is 3.88. The van der Waals surface area contributed by atoms with Crippen molar-refractivity contribution in [3.8, 4) is 0 Å². The van der Waals surface area contributed by atoms with Crippen LogP contribution in [0.25, 0.3) is 15.9 Å². The van der Waals surface area contributed by atoms with E-state index in [-0.39, 0.29) is 12.2 Å². The maximum absolute atomic E-state index is 12.4. The summed E-state index contributed by atoms with van der Waals surface area (Å²) in [6, 6.07) is 6.83. The van der Waals surface area contributed by atoms with Crippen LogP contribution in [0, 0.1) is 20.8 Å². The van der Waals surface area contributed by atoms with E-state index in [2.05, 4.69) is 9.97 Å². The Hall–Kier alpha value is -2.93. The van der Waals surface area contributed by atoms with Gasteiger partial charge in [-0.3, -0.25) is 9.20 Å². The summed E-state index contributed by atoms with van der Waals surface area (Å²) in [4.78, 5) is 32.8. The molecule has 26 heavy (non-hydrogen) atoms. The lowest BCUT2D eigenvalue weighted by Crippen LogP contribution is -2.16. The predicted molar refractivity (Wildman–Crippen MR) is 101 cm³/mol. The molecule has 0 aliphatic heterocycles. The Balaban J connectivity index is 1.57. The van der Waals surface area contributed by atoms with Gasteiger partial charge in [-0.05, 0) is 44.5 Å². The number of hydrogen-bond donors (Lipinski definition) is 1. The number of aryl methyl sites for hydroxylation is 3. The molecule has 0 radical (unpaired) electrons. The quantitative estimate of drug-likeness (QED) is 0.562. The number of nitrogens with zero attached hydrogens (tertiary/aromatic N) is 2. The summed E-state index contributed by atoms with van der Waals surface area (Å²) in [7, 11) is 0. The second-order valence-corrected chi connectivity index (χ2v) is 7.13. The molecule has 3 heterocycles. The van der Waals surface area contributed by atoms with Gasteiger partial charge in [-0.2, -0.15) is 0 Å². The maximum atomic E-state index is 12.4. The lowest BCUT2D eigenvalue weighted by atomic mass is 10.1. The Morgan fingerprint density at radius 2 is 2.08 bits per heavy atom. The molecule has 0 saturated heterocycles. The summed E-state index contributed by atoms with van der Waals surface area (Å²) < 4.78 is 6.91. The number of aromatic nitrogens is 3. The van der Waals surface area contributed by atoms with E-state index in [4.69, 9.17) is 4.74 Å². The van der Waals surface area contributed by atoms with Gasteiger partial charge in [0.25, 0.3) is 5.56 Å². The molecule has 0 aliphatic carbocycles.